The van der Waals surface area contributed by atoms with Crippen LogP contribution in [0, 0.1) is 10.1 Å². The number of phenolic OH excluding ortho intramolecular Hbond substituents is 1. The molecule has 2 aromatic carbocycles. The highest BCUT2D eigenvalue weighted by Gasteiger charge is 2.08. The number of non-ortho nitro benzene ring substituents is 1. The Morgan fingerprint density at radius 1 is 1.08 bits per heavy atom. The maximum absolute atomic E-state index is 11.9. The van der Waals surface area contributed by atoms with Gasteiger partial charge in [-0.25, -0.2) is 5.43 Å². The normalized spacial score (nSPS) is 10.8. The molecule has 0 atom stereocenters. The number of benzene rings is 2. The fourth-order valence-corrected chi connectivity index (χ4v) is 2.16. The lowest BCUT2D eigenvalue weighted by atomic mass is 10.1. The Morgan fingerprint density at radius 2 is 1.77 bits per heavy atom. The van der Waals surface area contributed by atoms with Crippen LogP contribution in [0.4, 0.5) is 5.69 Å². The van der Waals surface area contributed by atoms with Gasteiger partial charge in [0.1, 0.15) is 17.3 Å². The summed E-state index contributed by atoms with van der Waals surface area (Å²) in [5.41, 5.74) is 3.39. The van der Waals surface area contributed by atoms with Crippen molar-refractivity contribution in [1.82, 2.24) is 5.43 Å². The molecular formula is C18H13N3O5. The zero-order chi connectivity index (χ0) is 18.5. The number of nitrogens with zero attached hydrogens (tertiary/aromatic N) is 2. The Kier molecular flexibility index (Phi) is 4.75. The summed E-state index contributed by atoms with van der Waals surface area (Å²) in [5, 5.41) is 23.7. The quantitative estimate of drug-likeness (QED) is 0.415. The largest absolute Gasteiger partial charge is 0.508 e. The number of carbonyl (C=O) groups excluding carboxylic acids is 1. The average Bonchev–Trinajstić information content (AvgIpc) is 3.11. The van der Waals surface area contributed by atoms with Crippen LogP contribution in [0.5, 0.6) is 5.75 Å². The second kappa shape index (κ2) is 7.31. The fraction of sp³-hybridized carbons (Fsp3) is 0. The number of furan rings is 1. The molecule has 0 aliphatic rings. The molecule has 3 rings (SSSR count). The Labute approximate surface area is 147 Å². The van der Waals surface area contributed by atoms with Crippen molar-refractivity contribution in [2.75, 3.05) is 0 Å². The predicted molar refractivity (Wildman–Crippen MR) is 94.0 cm³/mol. The van der Waals surface area contributed by atoms with Gasteiger partial charge in [0.15, 0.2) is 0 Å². The minimum atomic E-state index is -0.471. The van der Waals surface area contributed by atoms with Gasteiger partial charge in [0, 0.05) is 23.3 Å². The number of amides is 1. The van der Waals surface area contributed by atoms with E-state index in [9.17, 15) is 20.0 Å². The monoisotopic (exact) mass is 351 g/mol. The first-order chi connectivity index (χ1) is 12.5. The summed E-state index contributed by atoms with van der Waals surface area (Å²) in [7, 11) is 0. The van der Waals surface area contributed by atoms with E-state index in [1.807, 2.05) is 0 Å². The number of carbonyl (C=O) groups is 1. The van der Waals surface area contributed by atoms with E-state index in [-0.39, 0.29) is 11.4 Å². The van der Waals surface area contributed by atoms with Crippen LogP contribution in [0.2, 0.25) is 0 Å². The number of nitrogens with one attached hydrogen (secondary N) is 1. The van der Waals surface area contributed by atoms with Crippen molar-refractivity contribution >= 4 is 17.8 Å². The van der Waals surface area contributed by atoms with Gasteiger partial charge in [-0.05, 0) is 48.5 Å². The first-order valence-corrected chi connectivity index (χ1v) is 7.50. The van der Waals surface area contributed by atoms with Gasteiger partial charge < -0.3 is 9.52 Å². The molecule has 3 aromatic rings. The number of nitro benzene ring substituents is 1. The molecular weight excluding hydrogens is 338 g/mol. The average molecular weight is 351 g/mol. The molecule has 0 aliphatic carbocycles. The summed E-state index contributed by atoms with van der Waals surface area (Å²) in [6.45, 7) is 0. The van der Waals surface area contributed by atoms with Gasteiger partial charge in [-0.2, -0.15) is 5.10 Å². The molecule has 8 nitrogen and oxygen atoms in total. The Hall–Kier alpha value is -3.94. The van der Waals surface area contributed by atoms with Crippen molar-refractivity contribution in [2.45, 2.75) is 0 Å². The van der Waals surface area contributed by atoms with Crippen molar-refractivity contribution in [3.63, 3.8) is 0 Å². The number of hydrogen-bond donors (Lipinski definition) is 2. The third-order valence-corrected chi connectivity index (χ3v) is 3.48. The molecule has 130 valence electrons. The summed E-state index contributed by atoms with van der Waals surface area (Å²) in [5.74, 6) is 0.568. The van der Waals surface area contributed by atoms with Gasteiger partial charge in [0.05, 0.1) is 11.1 Å². The molecule has 0 bridgehead atoms. The lowest BCUT2D eigenvalue weighted by molar-refractivity contribution is -0.384. The van der Waals surface area contributed by atoms with Crippen LogP contribution in [-0.4, -0.2) is 22.2 Å². The van der Waals surface area contributed by atoms with E-state index in [1.165, 1.54) is 42.6 Å². The van der Waals surface area contributed by atoms with Gasteiger partial charge in [-0.3, -0.25) is 14.9 Å². The molecule has 0 unspecified atom stereocenters. The topological polar surface area (TPSA) is 118 Å². The van der Waals surface area contributed by atoms with Gasteiger partial charge in [0.25, 0.3) is 11.6 Å². The molecule has 0 saturated heterocycles. The summed E-state index contributed by atoms with van der Waals surface area (Å²) >= 11 is 0. The number of hydrazone groups is 1. The zero-order valence-electron chi connectivity index (χ0n) is 13.3. The fourth-order valence-electron chi connectivity index (χ4n) is 2.16. The standard InChI is InChI=1S/C18H13N3O5/c22-15-7-3-13(4-8-15)18(23)20-19-11-16-9-10-17(26-16)12-1-5-14(6-2-12)21(24)25/h1-11,22H,(H,20,23)/b19-11-. The van der Waals surface area contributed by atoms with Gasteiger partial charge in [-0.15, -0.1) is 0 Å². The molecule has 0 saturated carbocycles. The molecule has 1 amide bonds. The number of rotatable bonds is 5. The smallest absolute Gasteiger partial charge is 0.271 e. The molecule has 0 aliphatic heterocycles. The molecule has 0 radical (unpaired) electrons. The van der Waals surface area contributed by atoms with Crippen LogP contribution in [0.3, 0.4) is 0 Å². The van der Waals surface area contributed by atoms with E-state index < -0.39 is 10.8 Å². The molecule has 0 spiro atoms. The Bertz CT molecular complexity index is 959. The first-order valence-electron chi connectivity index (χ1n) is 7.50. The van der Waals surface area contributed by atoms with Crippen LogP contribution in [0.15, 0.2) is 70.2 Å². The molecule has 26 heavy (non-hydrogen) atoms. The zero-order valence-corrected chi connectivity index (χ0v) is 13.3. The summed E-state index contributed by atoms with van der Waals surface area (Å²) in [6.07, 6.45) is 1.34. The molecule has 2 N–H and O–H groups in total. The van der Waals surface area contributed by atoms with E-state index >= 15 is 0 Å². The number of aromatic hydroxyl groups is 1. The third kappa shape index (κ3) is 3.93. The second-order valence-electron chi connectivity index (χ2n) is 5.25. The van der Waals surface area contributed by atoms with E-state index in [1.54, 1.807) is 24.3 Å². The van der Waals surface area contributed by atoms with E-state index in [0.29, 0.717) is 22.6 Å². The SMILES string of the molecule is O=C(N/N=C\c1ccc(-c2ccc([N+](=O)[O-])cc2)o1)c1ccc(O)cc1. The van der Waals surface area contributed by atoms with E-state index in [4.69, 9.17) is 4.42 Å². The number of hydrogen-bond acceptors (Lipinski definition) is 6. The van der Waals surface area contributed by atoms with Crippen molar-refractivity contribution < 1.29 is 19.2 Å². The Balaban J connectivity index is 1.64. The van der Waals surface area contributed by atoms with Crippen LogP contribution >= 0.6 is 0 Å². The van der Waals surface area contributed by atoms with Crippen molar-refractivity contribution in [2.24, 2.45) is 5.10 Å². The number of phenols is 1. The highest BCUT2D eigenvalue weighted by molar-refractivity contribution is 5.94. The van der Waals surface area contributed by atoms with Gasteiger partial charge in [0.2, 0.25) is 0 Å². The van der Waals surface area contributed by atoms with E-state index in [0.717, 1.165) is 0 Å². The second-order valence-corrected chi connectivity index (χ2v) is 5.25. The molecule has 8 heteroatoms. The minimum absolute atomic E-state index is 0.000893. The van der Waals surface area contributed by atoms with Crippen LogP contribution < -0.4 is 5.43 Å². The maximum atomic E-state index is 11.9. The summed E-state index contributed by atoms with van der Waals surface area (Å²) in [6, 6.07) is 15.1. The minimum Gasteiger partial charge on any atom is -0.508 e. The summed E-state index contributed by atoms with van der Waals surface area (Å²) in [4.78, 5) is 22.1. The summed E-state index contributed by atoms with van der Waals surface area (Å²) < 4.78 is 5.57. The highest BCUT2D eigenvalue weighted by atomic mass is 16.6. The van der Waals surface area contributed by atoms with Gasteiger partial charge in [-0.1, -0.05) is 0 Å². The van der Waals surface area contributed by atoms with Crippen molar-refractivity contribution in [1.29, 1.82) is 0 Å². The lowest BCUT2D eigenvalue weighted by Crippen LogP contribution is -2.17. The third-order valence-electron chi connectivity index (χ3n) is 3.48. The van der Waals surface area contributed by atoms with Crippen LogP contribution in [0.1, 0.15) is 16.1 Å². The van der Waals surface area contributed by atoms with Crippen LogP contribution in [-0.2, 0) is 0 Å². The van der Waals surface area contributed by atoms with Crippen LogP contribution in [0.25, 0.3) is 11.3 Å². The van der Waals surface area contributed by atoms with E-state index in [2.05, 4.69) is 10.5 Å². The number of nitro groups is 1. The van der Waals surface area contributed by atoms with Crippen molar-refractivity contribution in [3.8, 4) is 17.1 Å². The van der Waals surface area contributed by atoms with Crippen molar-refractivity contribution in [3.05, 3.63) is 82.1 Å². The highest BCUT2D eigenvalue weighted by Crippen LogP contribution is 2.24. The Morgan fingerprint density at radius 3 is 2.42 bits per heavy atom. The lowest BCUT2D eigenvalue weighted by Gasteiger charge is -1.99. The van der Waals surface area contributed by atoms with Gasteiger partial charge >= 0.3 is 0 Å². The first kappa shape index (κ1) is 16.9. The maximum Gasteiger partial charge on any atom is 0.271 e. The molecule has 1 heterocycles. The predicted octanol–water partition coefficient (Wildman–Crippen LogP) is 3.32. The molecule has 1 aromatic heterocycles. The molecule has 0 fully saturated rings.